The Bertz CT molecular complexity index is 305. The van der Waals surface area contributed by atoms with Crippen LogP contribution < -0.4 is 5.32 Å². The summed E-state index contributed by atoms with van der Waals surface area (Å²) in [5, 5.41) is 6.47. The van der Waals surface area contributed by atoms with Gasteiger partial charge in [-0.2, -0.15) is 5.11 Å². The number of nitrogens with zero attached hydrogens (tertiary/aromatic N) is 1. The summed E-state index contributed by atoms with van der Waals surface area (Å²) in [6.45, 7) is 4.25. The summed E-state index contributed by atoms with van der Waals surface area (Å²) in [4.78, 5) is 0. The minimum Gasteiger partial charge on any atom is -0.386 e. The topological polar surface area (TPSA) is 48.2 Å². The highest BCUT2D eigenvalue weighted by molar-refractivity contribution is 5.65. The van der Waals surface area contributed by atoms with Crippen molar-refractivity contribution in [2.45, 2.75) is 19.8 Å². The molecule has 0 radical (unpaired) electrons. The fraction of sp³-hybridized carbons (Fsp3) is 0.400. The van der Waals surface area contributed by atoms with Gasteiger partial charge in [-0.3, -0.25) is 0 Å². The minimum absolute atomic E-state index is 0.478. The maximum atomic E-state index is 7.01. The van der Waals surface area contributed by atoms with Gasteiger partial charge in [0.15, 0.2) is 0 Å². The molecule has 0 unspecified atom stereocenters. The Kier molecular flexibility index (Phi) is 3.01. The van der Waals surface area contributed by atoms with Gasteiger partial charge in [-0.25, -0.2) is 5.53 Å². The molecule has 1 aromatic carbocycles. The Balaban J connectivity index is 3.13. The van der Waals surface area contributed by atoms with Crippen LogP contribution in [0.1, 0.15) is 25.3 Å². The predicted octanol–water partition coefficient (Wildman–Crippen LogP) is 3.51. The monoisotopic (exact) mass is 177 g/mol. The van der Waals surface area contributed by atoms with E-state index in [2.05, 4.69) is 30.3 Å². The van der Waals surface area contributed by atoms with Crippen molar-refractivity contribution in [2.24, 2.45) is 5.11 Å². The molecule has 13 heavy (non-hydrogen) atoms. The number of hydrogen-bond donors (Lipinski definition) is 2. The van der Waals surface area contributed by atoms with Crippen molar-refractivity contribution in [3.8, 4) is 0 Å². The zero-order valence-corrected chi connectivity index (χ0v) is 8.26. The Hall–Kier alpha value is -1.38. The van der Waals surface area contributed by atoms with Crippen molar-refractivity contribution in [2.75, 3.05) is 12.4 Å². The average Bonchev–Trinajstić information content (AvgIpc) is 2.16. The molecule has 0 saturated heterocycles. The van der Waals surface area contributed by atoms with Crippen LogP contribution in [0.25, 0.3) is 0 Å². The van der Waals surface area contributed by atoms with Gasteiger partial charge in [-0.15, -0.1) is 0 Å². The highest BCUT2D eigenvalue weighted by Gasteiger charge is 2.03. The molecule has 1 aromatic rings. The lowest BCUT2D eigenvalue weighted by Crippen LogP contribution is -1.91. The summed E-state index contributed by atoms with van der Waals surface area (Å²) in [7, 11) is 1.83. The second kappa shape index (κ2) is 4.03. The first kappa shape index (κ1) is 9.71. The van der Waals surface area contributed by atoms with Crippen LogP contribution >= 0.6 is 0 Å². The number of hydrogen-bond acceptors (Lipinski definition) is 3. The number of benzene rings is 1. The molecule has 3 nitrogen and oxygen atoms in total. The molecule has 70 valence electrons. The normalized spacial score (nSPS) is 10.2. The first-order valence-corrected chi connectivity index (χ1v) is 4.38. The van der Waals surface area contributed by atoms with Gasteiger partial charge in [0.05, 0.1) is 5.69 Å². The third-order valence-electron chi connectivity index (χ3n) is 2.08. The van der Waals surface area contributed by atoms with Crippen molar-refractivity contribution in [3.05, 3.63) is 23.8 Å². The molecule has 0 aliphatic carbocycles. The third-order valence-corrected chi connectivity index (χ3v) is 2.08. The van der Waals surface area contributed by atoms with E-state index >= 15 is 0 Å². The molecular formula is C10H15N3. The van der Waals surface area contributed by atoms with Crippen LogP contribution in [0.3, 0.4) is 0 Å². The molecule has 0 saturated carbocycles. The zero-order chi connectivity index (χ0) is 9.84. The van der Waals surface area contributed by atoms with Gasteiger partial charge in [-0.1, -0.05) is 19.9 Å². The fourth-order valence-corrected chi connectivity index (χ4v) is 1.21. The van der Waals surface area contributed by atoms with E-state index in [9.17, 15) is 0 Å². The fourth-order valence-electron chi connectivity index (χ4n) is 1.21. The van der Waals surface area contributed by atoms with E-state index in [1.54, 1.807) is 0 Å². The summed E-state index contributed by atoms with van der Waals surface area (Å²) < 4.78 is 0. The molecule has 0 heterocycles. The summed E-state index contributed by atoms with van der Waals surface area (Å²) in [5.41, 5.74) is 9.83. The van der Waals surface area contributed by atoms with Crippen molar-refractivity contribution in [1.82, 2.24) is 0 Å². The van der Waals surface area contributed by atoms with E-state index in [1.165, 1.54) is 5.56 Å². The largest absolute Gasteiger partial charge is 0.386 e. The zero-order valence-electron chi connectivity index (χ0n) is 8.26. The average molecular weight is 177 g/mol. The summed E-state index contributed by atoms with van der Waals surface area (Å²) in [6, 6.07) is 5.97. The second-order valence-electron chi connectivity index (χ2n) is 3.29. The van der Waals surface area contributed by atoms with Crippen LogP contribution in [0, 0.1) is 5.53 Å². The van der Waals surface area contributed by atoms with Gasteiger partial charge in [-0.05, 0) is 23.6 Å². The molecular weight excluding hydrogens is 162 g/mol. The van der Waals surface area contributed by atoms with Crippen LogP contribution in [0.4, 0.5) is 11.4 Å². The Labute approximate surface area is 78.7 Å². The smallest absolute Gasteiger partial charge is 0.108 e. The summed E-state index contributed by atoms with van der Waals surface area (Å²) in [5.74, 6) is 0.478. The molecule has 0 amide bonds. The van der Waals surface area contributed by atoms with Crippen molar-refractivity contribution in [3.63, 3.8) is 0 Å². The van der Waals surface area contributed by atoms with E-state index in [1.807, 2.05) is 19.2 Å². The standard InChI is InChI=1S/C10H15N3/c1-7(2)8-4-5-9(12-3)10(6-8)13-11/h4-7,11-12H,1-3H3. The predicted molar refractivity (Wildman–Crippen MR) is 54.9 cm³/mol. The lowest BCUT2D eigenvalue weighted by atomic mass is 10.0. The van der Waals surface area contributed by atoms with E-state index < -0.39 is 0 Å². The summed E-state index contributed by atoms with van der Waals surface area (Å²) in [6.07, 6.45) is 0. The molecule has 2 N–H and O–H groups in total. The minimum atomic E-state index is 0.478. The van der Waals surface area contributed by atoms with Crippen LogP contribution in [0.15, 0.2) is 23.3 Å². The second-order valence-corrected chi connectivity index (χ2v) is 3.29. The van der Waals surface area contributed by atoms with E-state index in [0.717, 1.165) is 5.69 Å². The van der Waals surface area contributed by atoms with Crippen LogP contribution in [0.2, 0.25) is 0 Å². The Morgan fingerprint density at radius 1 is 1.38 bits per heavy atom. The molecule has 0 fully saturated rings. The van der Waals surface area contributed by atoms with Gasteiger partial charge in [0.1, 0.15) is 5.69 Å². The van der Waals surface area contributed by atoms with Crippen LogP contribution in [0.5, 0.6) is 0 Å². The van der Waals surface area contributed by atoms with E-state index in [-0.39, 0.29) is 0 Å². The maximum absolute atomic E-state index is 7.01. The lowest BCUT2D eigenvalue weighted by molar-refractivity contribution is 0.866. The highest BCUT2D eigenvalue weighted by Crippen LogP contribution is 2.28. The molecule has 0 aromatic heterocycles. The van der Waals surface area contributed by atoms with Crippen molar-refractivity contribution in [1.29, 1.82) is 5.53 Å². The molecule has 0 aliphatic heterocycles. The first-order valence-electron chi connectivity index (χ1n) is 4.38. The highest BCUT2D eigenvalue weighted by atomic mass is 15.0. The number of rotatable bonds is 3. The van der Waals surface area contributed by atoms with Crippen LogP contribution in [-0.4, -0.2) is 7.05 Å². The van der Waals surface area contributed by atoms with E-state index in [0.29, 0.717) is 11.6 Å². The molecule has 0 spiro atoms. The molecule has 1 rings (SSSR count). The lowest BCUT2D eigenvalue weighted by Gasteiger charge is -2.09. The molecule has 0 aliphatic rings. The van der Waals surface area contributed by atoms with Crippen molar-refractivity contribution >= 4 is 11.4 Å². The van der Waals surface area contributed by atoms with E-state index in [4.69, 9.17) is 5.53 Å². The van der Waals surface area contributed by atoms with Gasteiger partial charge in [0, 0.05) is 7.05 Å². The Morgan fingerprint density at radius 2 is 2.08 bits per heavy atom. The number of anilines is 1. The molecule has 3 heteroatoms. The summed E-state index contributed by atoms with van der Waals surface area (Å²) >= 11 is 0. The van der Waals surface area contributed by atoms with Gasteiger partial charge < -0.3 is 5.32 Å². The van der Waals surface area contributed by atoms with Gasteiger partial charge in [0.2, 0.25) is 0 Å². The van der Waals surface area contributed by atoms with Crippen LogP contribution in [-0.2, 0) is 0 Å². The van der Waals surface area contributed by atoms with Crippen molar-refractivity contribution < 1.29 is 0 Å². The maximum Gasteiger partial charge on any atom is 0.108 e. The van der Waals surface area contributed by atoms with Gasteiger partial charge >= 0.3 is 0 Å². The SMILES string of the molecule is CNc1ccc(C(C)C)cc1N=N. The Morgan fingerprint density at radius 3 is 2.54 bits per heavy atom. The quantitative estimate of drug-likeness (QED) is 0.682. The molecule has 0 bridgehead atoms. The molecule has 0 atom stereocenters. The van der Waals surface area contributed by atoms with Gasteiger partial charge in [0.25, 0.3) is 0 Å². The third kappa shape index (κ3) is 2.05. The first-order chi connectivity index (χ1) is 6.19. The number of nitrogens with one attached hydrogen (secondary N) is 2.